The van der Waals surface area contributed by atoms with Crippen molar-refractivity contribution in [1.82, 2.24) is 4.90 Å². The molecule has 0 aliphatic rings. The lowest BCUT2D eigenvalue weighted by atomic mass is 10.2. The molecule has 0 aromatic rings. The summed E-state index contributed by atoms with van der Waals surface area (Å²) in [6.07, 6.45) is 2.20. The maximum Gasteiger partial charge on any atom is 0.0474 e. The van der Waals surface area contributed by atoms with Crippen molar-refractivity contribution in [2.75, 3.05) is 33.4 Å². The summed E-state index contributed by atoms with van der Waals surface area (Å²) in [6, 6.07) is 0.614. The van der Waals surface area contributed by atoms with Crippen molar-refractivity contribution in [3.05, 3.63) is 0 Å². The van der Waals surface area contributed by atoms with E-state index in [2.05, 4.69) is 18.7 Å². The second-order valence-electron chi connectivity index (χ2n) is 3.62. The minimum atomic E-state index is 0.614. The molecule has 0 aromatic carbocycles. The van der Waals surface area contributed by atoms with Crippen LogP contribution >= 0.6 is 0 Å². The zero-order valence-corrected chi connectivity index (χ0v) is 9.25. The van der Waals surface area contributed by atoms with Crippen LogP contribution in [0.2, 0.25) is 0 Å². The van der Waals surface area contributed by atoms with Crippen molar-refractivity contribution < 1.29 is 4.74 Å². The molecular weight excluding hydrogens is 164 g/mol. The lowest BCUT2D eigenvalue weighted by Crippen LogP contribution is -2.34. The van der Waals surface area contributed by atoms with E-state index >= 15 is 0 Å². The van der Waals surface area contributed by atoms with Gasteiger partial charge < -0.3 is 15.4 Å². The fraction of sp³-hybridized carbons (Fsp3) is 1.00. The van der Waals surface area contributed by atoms with E-state index in [9.17, 15) is 0 Å². The van der Waals surface area contributed by atoms with Gasteiger partial charge in [-0.1, -0.05) is 0 Å². The molecular formula is C10H24N2O. The SMILES string of the molecule is COCCCN(CCCN)C(C)C. The highest BCUT2D eigenvalue weighted by Crippen LogP contribution is 2.00. The normalized spacial score (nSPS) is 11.5. The van der Waals surface area contributed by atoms with Gasteiger partial charge in [0.25, 0.3) is 0 Å². The maximum atomic E-state index is 5.48. The summed E-state index contributed by atoms with van der Waals surface area (Å²) >= 11 is 0. The van der Waals surface area contributed by atoms with Crippen molar-refractivity contribution in [3.63, 3.8) is 0 Å². The van der Waals surface area contributed by atoms with Crippen LogP contribution in [-0.2, 0) is 4.74 Å². The van der Waals surface area contributed by atoms with Gasteiger partial charge in [-0.05, 0) is 39.8 Å². The molecule has 0 spiro atoms. The monoisotopic (exact) mass is 188 g/mol. The van der Waals surface area contributed by atoms with E-state index in [4.69, 9.17) is 10.5 Å². The Hall–Kier alpha value is -0.120. The molecule has 0 aliphatic carbocycles. The number of rotatable bonds is 8. The molecule has 0 heterocycles. The third-order valence-electron chi connectivity index (χ3n) is 2.17. The summed E-state index contributed by atoms with van der Waals surface area (Å²) in [7, 11) is 1.75. The molecule has 80 valence electrons. The van der Waals surface area contributed by atoms with Crippen LogP contribution in [0.1, 0.15) is 26.7 Å². The van der Waals surface area contributed by atoms with Gasteiger partial charge in [0.2, 0.25) is 0 Å². The zero-order valence-electron chi connectivity index (χ0n) is 9.25. The highest BCUT2D eigenvalue weighted by Gasteiger charge is 2.07. The van der Waals surface area contributed by atoms with E-state index in [1.807, 2.05) is 0 Å². The number of hydrogen-bond donors (Lipinski definition) is 1. The third-order valence-corrected chi connectivity index (χ3v) is 2.17. The van der Waals surface area contributed by atoms with Crippen molar-refractivity contribution in [2.24, 2.45) is 5.73 Å². The molecule has 0 rings (SSSR count). The summed E-state index contributed by atoms with van der Waals surface area (Å²) in [4.78, 5) is 2.45. The van der Waals surface area contributed by atoms with Gasteiger partial charge in [0.15, 0.2) is 0 Å². The van der Waals surface area contributed by atoms with Crippen LogP contribution < -0.4 is 5.73 Å². The molecule has 2 N–H and O–H groups in total. The van der Waals surface area contributed by atoms with Gasteiger partial charge in [-0.25, -0.2) is 0 Å². The minimum Gasteiger partial charge on any atom is -0.385 e. The van der Waals surface area contributed by atoms with Gasteiger partial charge in [-0.2, -0.15) is 0 Å². The van der Waals surface area contributed by atoms with E-state index in [0.29, 0.717) is 6.04 Å². The fourth-order valence-electron chi connectivity index (χ4n) is 1.33. The molecule has 0 radical (unpaired) electrons. The number of ether oxygens (including phenoxy) is 1. The van der Waals surface area contributed by atoms with Crippen LogP contribution in [0.15, 0.2) is 0 Å². The Morgan fingerprint density at radius 1 is 1.23 bits per heavy atom. The van der Waals surface area contributed by atoms with E-state index in [1.54, 1.807) is 7.11 Å². The van der Waals surface area contributed by atoms with Crippen LogP contribution in [-0.4, -0.2) is 44.3 Å². The molecule has 3 nitrogen and oxygen atoms in total. The molecule has 0 unspecified atom stereocenters. The Kier molecular flexibility index (Phi) is 8.40. The predicted molar refractivity (Wildman–Crippen MR) is 56.9 cm³/mol. The van der Waals surface area contributed by atoms with Crippen molar-refractivity contribution in [2.45, 2.75) is 32.7 Å². The first-order valence-corrected chi connectivity index (χ1v) is 5.15. The topological polar surface area (TPSA) is 38.5 Å². The number of methoxy groups -OCH3 is 1. The standard InChI is InChI=1S/C10H24N2O/c1-10(2)12(7-4-6-11)8-5-9-13-3/h10H,4-9,11H2,1-3H3. The lowest BCUT2D eigenvalue weighted by molar-refractivity contribution is 0.157. The molecule has 0 saturated heterocycles. The molecule has 0 saturated carbocycles. The fourth-order valence-corrected chi connectivity index (χ4v) is 1.33. The van der Waals surface area contributed by atoms with Gasteiger partial charge in [0, 0.05) is 26.3 Å². The lowest BCUT2D eigenvalue weighted by Gasteiger charge is -2.25. The first-order chi connectivity index (χ1) is 6.22. The molecule has 0 bridgehead atoms. The average Bonchev–Trinajstić information content (AvgIpc) is 2.10. The number of nitrogens with two attached hydrogens (primary N) is 1. The third kappa shape index (κ3) is 6.99. The summed E-state index contributed by atoms with van der Waals surface area (Å²) in [5.74, 6) is 0. The maximum absolute atomic E-state index is 5.48. The summed E-state index contributed by atoms with van der Waals surface area (Å²) in [5, 5.41) is 0. The second kappa shape index (κ2) is 8.48. The van der Waals surface area contributed by atoms with E-state index in [-0.39, 0.29) is 0 Å². The largest absolute Gasteiger partial charge is 0.385 e. The van der Waals surface area contributed by atoms with Crippen molar-refractivity contribution >= 4 is 0 Å². The Labute approximate surface area is 82.2 Å². The number of hydrogen-bond acceptors (Lipinski definition) is 3. The van der Waals surface area contributed by atoms with E-state index in [0.717, 1.165) is 39.1 Å². The average molecular weight is 188 g/mol. The van der Waals surface area contributed by atoms with Gasteiger partial charge in [0.05, 0.1) is 0 Å². The summed E-state index contributed by atoms with van der Waals surface area (Å²) in [6.45, 7) is 8.31. The molecule has 13 heavy (non-hydrogen) atoms. The van der Waals surface area contributed by atoms with E-state index in [1.165, 1.54) is 0 Å². The quantitative estimate of drug-likeness (QED) is 0.579. The van der Waals surface area contributed by atoms with Crippen LogP contribution in [0.25, 0.3) is 0 Å². The van der Waals surface area contributed by atoms with Crippen molar-refractivity contribution in [1.29, 1.82) is 0 Å². The first-order valence-electron chi connectivity index (χ1n) is 5.15. The Morgan fingerprint density at radius 3 is 2.31 bits per heavy atom. The van der Waals surface area contributed by atoms with Crippen LogP contribution in [0, 0.1) is 0 Å². The highest BCUT2D eigenvalue weighted by atomic mass is 16.5. The Morgan fingerprint density at radius 2 is 1.85 bits per heavy atom. The molecule has 0 fully saturated rings. The Bertz CT molecular complexity index is 107. The van der Waals surface area contributed by atoms with Gasteiger partial charge in [-0.15, -0.1) is 0 Å². The highest BCUT2D eigenvalue weighted by molar-refractivity contribution is 4.62. The molecule has 3 heteroatoms. The second-order valence-corrected chi connectivity index (χ2v) is 3.62. The van der Waals surface area contributed by atoms with Crippen LogP contribution in [0.4, 0.5) is 0 Å². The van der Waals surface area contributed by atoms with E-state index < -0.39 is 0 Å². The Balaban J connectivity index is 3.54. The molecule has 0 amide bonds. The van der Waals surface area contributed by atoms with Gasteiger partial charge in [-0.3, -0.25) is 0 Å². The molecule has 0 aliphatic heterocycles. The van der Waals surface area contributed by atoms with Crippen LogP contribution in [0.5, 0.6) is 0 Å². The predicted octanol–water partition coefficient (Wildman–Crippen LogP) is 1.08. The zero-order chi connectivity index (χ0) is 10.1. The van der Waals surface area contributed by atoms with Gasteiger partial charge >= 0.3 is 0 Å². The molecule has 0 atom stereocenters. The summed E-state index contributed by atoms with van der Waals surface area (Å²) < 4.78 is 5.03. The first kappa shape index (κ1) is 12.9. The number of nitrogens with zero attached hydrogens (tertiary/aromatic N) is 1. The van der Waals surface area contributed by atoms with Crippen LogP contribution in [0.3, 0.4) is 0 Å². The smallest absolute Gasteiger partial charge is 0.0474 e. The minimum absolute atomic E-state index is 0.614. The van der Waals surface area contributed by atoms with Crippen molar-refractivity contribution in [3.8, 4) is 0 Å². The molecule has 0 aromatic heterocycles. The van der Waals surface area contributed by atoms with Gasteiger partial charge in [0.1, 0.15) is 0 Å². The summed E-state index contributed by atoms with van der Waals surface area (Å²) in [5.41, 5.74) is 5.48.